The molecule has 0 N–H and O–H groups in total. The van der Waals surface area contributed by atoms with Crippen molar-refractivity contribution in [2.75, 3.05) is 6.61 Å². The Bertz CT molecular complexity index is 1540. The first-order valence-corrected chi connectivity index (χ1v) is 11.3. The van der Waals surface area contributed by atoms with Crippen LogP contribution >= 0.6 is 34.5 Å². The van der Waals surface area contributed by atoms with Crippen LogP contribution in [0.1, 0.15) is 12.7 Å². The van der Waals surface area contributed by atoms with Gasteiger partial charge in [-0.1, -0.05) is 34.5 Å². The molecule has 3 aromatic heterocycles. The number of fused-ring (bicyclic) bond motifs is 1. The minimum atomic E-state index is -0.256. The number of halogens is 2. The van der Waals surface area contributed by atoms with E-state index in [1.165, 1.54) is 15.9 Å². The van der Waals surface area contributed by atoms with Crippen LogP contribution in [0.15, 0.2) is 63.8 Å². The van der Waals surface area contributed by atoms with Crippen molar-refractivity contribution in [3.63, 3.8) is 0 Å². The molecule has 32 heavy (non-hydrogen) atoms. The molecule has 0 radical (unpaired) electrons. The Labute approximate surface area is 196 Å². The Morgan fingerprint density at radius 3 is 2.69 bits per heavy atom. The van der Waals surface area contributed by atoms with Crippen molar-refractivity contribution in [2.45, 2.75) is 6.92 Å². The van der Waals surface area contributed by atoms with Crippen molar-refractivity contribution in [1.29, 1.82) is 0 Å². The summed E-state index contributed by atoms with van der Waals surface area (Å²) in [4.78, 5) is 17.8. The molecule has 0 amide bonds. The Morgan fingerprint density at radius 2 is 1.94 bits per heavy atom. The van der Waals surface area contributed by atoms with Gasteiger partial charge < -0.3 is 9.15 Å². The lowest BCUT2D eigenvalue weighted by atomic mass is 10.2. The van der Waals surface area contributed by atoms with E-state index in [2.05, 4.69) is 10.1 Å². The zero-order chi connectivity index (χ0) is 22.2. The lowest BCUT2D eigenvalue weighted by Gasteiger charge is -2.02. The molecule has 0 fully saturated rings. The molecule has 0 bridgehead atoms. The first kappa shape index (κ1) is 20.8. The molecule has 5 rings (SSSR count). The smallest absolute Gasteiger partial charge is 0.291 e. The lowest BCUT2D eigenvalue weighted by molar-refractivity contribution is 0.340. The Hall–Kier alpha value is -3.13. The minimum Gasteiger partial charge on any atom is -0.494 e. The average Bonchev–Trinajstić information content (AvgIpc) is 3.48. The number of ether oxygens (including phenoxy) is 1. The first-order chi connectivity index (χ1) is 15.5. The van der Waals surface area contributed by atoms with Crippen LogP contribution in [-0.2, 0) is 0 Å². The van der Waals surface area contributed by atoms with Crippen LogP contribution in [0.3, 0.4) is 0 Å². The summed E-state index contributed by atoms with van der Waals surface area (Å²) in [5, 5.41) is 5.46. The van der Waals surface area contributed by atoms with Crippen LogP contribution in [0.2, 0.25) is 10.0 Å². The van der Waals surface area contributed by atoms with E-state index >= 15 is 0 Å². The maximum atomic E-state index is 12.8. The topological polar surface area (TPSA) is 69.6 Å². The lowest BCUT2D eigenvalue weighted by Crippen LogP contribution is -2.23. The average molecular weight is 484 g/mol. The molecule has 6 nitrogen and oxygen atoms in total. The van der Waals surface area contributed by atoms with E-state index in [0.717, 1.165) is 11.3 Å². The second kappa shape index (κ2) is 8.43. The summed E-state index contributed by atoms with van der Waals surface area (Å²) < 4.78 is 13.1. The van der Waals surface area contributed by atoms with Crippen molar-refractivity contribution < 1.29 is 9.15 Å². The van der Waals surface area contributed by atoms with E-state index in [4.69, 9.17) is 32.4 Å². The van der Waals surface area contributed by atoms with Crippen LogP contribution in [-0.4, -0.2) is 21.2 Å². The van der Waals surface area contributed by atoms with Gasteiger partial charge in [0, 0.05) is 22.2 Å². The van der Waals surface area contributed by atoms with Gasteiger partial charge in [0.05, 0.1) is 11.6 Å². The summed E-state index contributed by atoms with van der Waals surface area (Å²) >= 11 is 13.6. The van der Waals surface area contributed by atoms with E-state index in [1.54, 1.807) is 36.4 Å². The normalized spacial score (nSPS) is 12.0. The van der Waals surface area contributed by atoms with Gasteiger partial charge in [-0.2, -0.15) is 9.50 Å². The fraction of sp³-hybridized carbons (Fsp3) is 0.0870. The number of benzene rings is 2. The maximum absolute atomic E-state index is 12.8. The zero-order valence-electron chi connectivity index (χ0n) is 16.7. The van der Waals surface area contributed by atoms with Crippen LogP contribution in [0.25, 0.3) is 33.7 Å². The second-order valence-corrected chi connectivity index (χ2v) is 8.68. The van der Waals surface area contributed by atoms with E-state index in [-0.39, 0.29) is 5.56 Å². The molecule has 0 saturated heterocycles. The van der Waals surface area contributed by atoms with Crippen LogP contribution in [0.4, 0.5) is 0 Å². The van der Waals surface area contributed by atoms with Gasteiger partial charge in [-0.25, -0.2) is 0 Å². The summed E-state index contributed by atoms with van der Waals surface area (Å²) in [6.45, 7) is 2.53. The highest BCUT2D eigenvalue weighted by Gasteiger charge is 2.13. The molecule has 0 atom stereocenters. The summed E-state index contributed by atoms with van der Waals surface area (Å²) in [6.07, 6.45) is 1.67. The van der Waals surface area contributed by atoms with Crippen LogP contribution in [0, 0.1) is 0 Å². The summed E-state index contributed by atoms with van der Waals surface area (Å²) in [5.41, 5.74) is 1.24. The quantitative estimate of drug-likeness (QED) is 0.337. The monoisotopic (exact) mass is 483 g/mol. The molecule has 160 valence electrons. The number of furan rings is 1. The predicted molar refractivity (Wildman–Crippen MR) is 127 cm³/mol. The minimum absolute atomic E-state index is 0.256. The van der Waals surface area contributed by atoms with E-state index < -0.39 is 0 Å². The van der Waals surface area contributed by atoms with Crippen LogP contribution < -0.4 is 14.8 Å². The Kier molecular flexibility index (Phi) is 5.46. The fourth-order valence-electron chi connectivity index (χ4n) is 3.21. The SMILES string of the molecule is CCOc1ccc(-c2nc3sc(=Cc4ccc(-c5cc(Cl)ccc5Cl)o4)c(=O)n3n2)cc1. The number of aromatic nitrogens is 3. The zero-order valence-corrected chi connectivity index (χ0v) is 19.0. The third-order valence-corrected chi connectivity index (χ3v) is 6.22. The van der Waals surface area contributed by atoms with Gasteiger partial charge in [0.1, 0.15) is 21.8 Å². The maximum Gasteiger partial charge on any atom is 0.291 e. The molecule has 0 unspecified atom stereocenters. The Morgan fingerprint density at radius 1 is 1.12 bits per heavy atom. The molecule has 0 spiro atoms. The van der Waals surface area contributed by atoms with Gasteiger partial charge in [0.25, 0.3) is 5.56 Å². The predicted octanol–water partition coefficient (Wildman–Crippen LogP) is 5.33. The molecule has 0 saturated carbocycles. The summed E-state index contributed by atoms with van der Waals surface area (Å²) in [6, 6.07) is 16.2. The van der Waals surface area contributed by atoms with E-state index in [0.29, 0.717) is 49.1 Å². The van der Waals surface area contributed by atoms with Gasteiger partial charge in [-0.15, -0.1) is 5.10 Å². The van der Waals surface area contributed by atoms with Crippen molar-refractivity contribution in [2.24, 2.45) is 0 Å². The first-order valence-electron chi connectivity index (χ1n) is 9.71. The van der Waals surface area contributed by atoms with Gasteiger partial charge in [0.2, 0.25) is 4.96 Å². The van der Waals surface area contributed by atoms with Crippen molar-refractivity contribution in [3.8, 4) is 28.5 Å². The standard InChI is InChI=1S/C23H15Cl2N3O3S/c1-2-30-15-6-3-13(4-7-15)21-26-23-28(27-21)22(29)20(32-23)12-16-8-10-19(31-16)17-11-14(24)5-9-18(17)25/h3-12H,2H2,1H3. The molecule has 0 aliphatic heterocycles. The van der Waals surface area contributed by atoms with Gasteiger partial charge >= 0.3 is 0 Å². The molecular weight excluding hydrogens is 469 g/mol. The van der Waals surface area contributed by atoms with Crippen molar-refractivity contribution in [1.82, 2.24) is 14.6 Å². The second-order valence-electron chi connectivity index (χ2n) is 6.83. The molecular formula is C23H15Cl2N3O3S. The highest BCUT2D eigenvalue weighted by atomic mass is 35.5. The van der Waals surface area contributed by atoms with Crippen molar-refractivity contribution in [3.05, 3.63) is 85.3 Å². The number of hydrogen-bond acceptors (Lipinski definition) is 6. The van der Waals surface area contributed by atoms with Crippen molar-refractivity contribution >= 4 is 45.6 Å². The van der Waals surface area contributed by atoms with E-state index in [1.807, 2.05) is 31.2 Å². The Balaban J connectivity index is 1.47. The molecule has 5 aromatic rings. The van der Waals surface area contributed by atoms with Gasteiger partial charge in [0.15, 0.2) is 5.82 Å². The van der Waals surface area contributed by atoms with Gasteiger partial charge in [-0.05, 0) is 61.5 Å². The number of rotatable bonds is 5. The van der Waals surface area contributed by atoms with Crippen LogP contribution in [0.5, 0.6) is 5.75 Å². The molecule has 3 heterocycles. The van der Waals surface area contributed by atoms with Gasteiger partial charge in [-0.3, -0.25) is 4.79 Å². The number of hydrogen-bond donors (Lipinski definition) is 0. The highest BCUT2D eigenvalue weighted by molar-refractivity contribution is 7.15. The summed E-state index contributed by atoms with van der Waals surface area (Å²) in [5.74, 6) is 2.34. The molecule has 9 heteroatoms. The molecule has 0 aliphatic carbocycles. The molecule has 0 aliphatic rings. The highest BCUT2D eigenvalue weighted by Crippen LogP contribution is 2.32. The molecule has 2 aromatic carbocycles. The largest absolute Gasteiger partial charge is 0.494 e. The number of nitrogens with zero attached hydrogens (tertiary/aromatic N) is 3. The summed E-state index contributed by atoms with van der Waals surface area (Å²) in [7, 11) is 0. The van der Waals surface area contributed by atoms with E-state index in [9.17, 15) is 4.79 Å². The third-order valence-electron chi connectivity index (χ3n) is 4.70. The number of thiazole rings is 1. The fourth-order valence-corrected chi connectivity index (χ4v) is 4.48. The third kappa shape index (κ3) is 3.90.